The lowest BCUT2D eigenvalue weighted by Gasteiger charge is -2.43. The Morgan fingerprint density at radius 3 is 2.22 bits per heavy atom. The van der Waals surface area contributed by atoms with Crippen LogP contribution in [-0.2, 0) is 30.9 Å². The van der Waals surface area contributed by atoms with Gasteiger partial charge in [-0.05, 0) is 42.7 Å². The van der Waals surface area contributed by atoms with Crippen LogP contribution in [0.5, 0.6) is 11.5 Å². The lowest BCUT2D eigenvalue weighted by molar-refractivity contribution is -0.161. The van der Waals surface area contributed by atoms with Gasteiger partial charge in [0.05, 0.1) is 18.9 Å². The largest absolute Gasteiger partial charge is 0.511 e. The summed E-state index contributed by atoms with van der Waals surface area (Å²) in [5, 5.41) is 0. The van der Waals surface area contributed by atoms with Gasteiger partial charge < -0.3 is 14.4 Å². The number of rotatable bonds is 10. The second-order valence-electron chi connectivity index (χ2n) is 8.38. The highest BCUT2D eigenvalue weighted by Gasteiger charge is 2.56. The van der Waals surface area contributed by atoms with Crippen LogP contribution < -0.4 is 9.46 Å². The summed E-state index contributed by atoms with van der Waals surface area (Å²) in [6, 6.07) is 14.9. The van der Waals surface area contributed by atoms with Gasteiger partial charge >= 0.3 is 21.5 Å². The second kappa shape index (κ2) is 11.3. The summed E-state index contributed by atoms with van der Waals surface area (Å²) < 4.78 is 73.3. The quantitative estimate of drug-likeness (QED) is 0.471. The number of nitrogens with one attached hydrogen (secondary N) is 1. The summed E-state index contributed by atoms with van der Waals surface area (Å²) in [7, 11) is -4.65. The molecule has 3 unspecified atom stereocenters. The summed E-state index contributed by atoms with van der Waals surface area (Å²) in [4.78, 5) is 27.0. The van der Waals surface area contributed by atoms with Gasteiger partial charge in [-0.3, -0.25) is 9.59 Å². The van der Waals surface area contributed by atoms with E-state index in [1.165, 1.54) is 9.62 Å². The number of para-hydroxylation sites is 1. The molecular weight excluding hydrogens is 501 g/mol. The van der Waals surface area contributed by atoms with Crippen molar-refractivity contribution < 1.29 is 40.7 Å². The number of halogens is 3. The van der Waals surface area contributed by atoms with Crippen LogP contribution in [0.15, 0.2) is 54.6 Å². The molecule has 0 aliphatic heterocycles. The molecule has 12 heteroatoms. The van der Waals surface area contributed by atoms with Crippen LogP contribution in [0.4, 0.5) is 13.2 Å². The topological polar surface area (TPSA) is 102 Å². The molecule has 0 bridgehead atoms. The lowest BCUT2D eigenvalue weighted by Crippen LogP contribution is -2.61. The fourth-order valence-corrected chi connectivity index (χ4v) is 4.81. The number of sulfonamides is 1. The average molecular weight is 529 g/mol. The molecule has 1 amide bonds. The zero-order valence-corrected chi connectivity index (χ0v) is 20.5. The van der Waals surface area contributed by atoms with Gasteiger partial charge in [0.1, 0.15) is 11.5 Å². The van der Waals surface area contributed by atoms with E-state index < -0.39 is 45.3 Å². The molecule has 8 nitrogen and oxygen atoms in total. The van der Waals surface area contributed by atoms with Crippen LogP contribution >= 0.6 is 0 Å². The predicted octanol–water partition coefficient (Wildman–Crippen LogP) is 3.83. The number of esters is 1. The molecule has 1 N–H and O–H groups in total. The molecule has 1 fully saturated rings. The van der Waals surface area contributed by atoms with Crippen molar-refractivity contribution in [2.75, 3.05) is 13.7 Å². The third-order valence-electron chi connectivity index (χ3n) is 5.86. The Kier molecular flexibility index (Phi) is 8.62. The van der Waals surface area contributed by atoms with E-state index in [-0.39, 0.29) is 13.0 Å². The predicted molar refractivity (Wildman–Crippen MR) is 124 cm³/mol. The van der Waals surface area contributed by atoms with Crippen molar-refractivity contribution in [1.29, 1.82) is 0 Å². The van der Waals surface area contributed by atoms with Crippen LogP contribution in [0.1, 0.15) is 25.3 Å². The molecular formula is C24H27F3N2O6S. The monoisotopic (exact) mass is 528 g/mol. The number of benzene rings is 2. The Hall–Kier alpha value is -3.12. The Morgan fingerprint density at radius 2 is 1.67 bits per heavy atom. The maximum Gasteiger partial charge on any atom is 0.511 e. The number of hydrogen-bond acceptors (Lipinski definition) is 6. The standard InChI is InChI=1S/C24H27F3N2O6S/c1-3-13-29(15-16-9-11-18(12-10-16)35-17-7-5-4-6-8-17)22(30)19-14-20(21(19)23(31)34-2)28-36(32,33)24(25,26)27/h4-12,19-21,28H,3,13-15H2,1-2H3. The zero-order chi connectivity index (χ0) is 26.5. The van der Waals surface area contributed by atoms with Crippen LogP contribution in [0.3, 0.4) is 0 Å². The first kappa shape index (κ1) is 27.5. The van der Waals surface area contributed by atoms with Gasteiger partial charge in [-0.1, -0.05) is 37.3 Å². The van der Waals surface area contributed by atoms with Gasteiger partial charge in [-0.2, -0.15) is 13.2 Å². The summed E-state index contributed by atoms with van der Waals surface area (Å²) >= 11 is 0. The highest BCUT2D eigenvalue weighted by Crippen LogP contribution is 2.39. The van der Waals surface area contributed by atoms with Gasteiger partial charge in [0, 0.05) is 19.1 Å². The van der Waals surface area contributed by atoms with Gasteiger partial charge in [-0.25, -0.2) is 13.1 Å². The molecule has 1 saturated carbocycles. The first-order valence-electron chi connectivity index (χ1n) is 11.2. The van der Waals surface area contributed by atoms with E-state index in [4.69, 9.17) is 4.74 Å². The zero-order valence-electron chi connectivity index (χ0n) is 19.7. The fraction of sp³-hybridized carbons (Fsp3) is 0.417. The number of hydrogen-bond donors (Lipinski definition) is 1. The lowest BCUT2D eigenvalue weighted by atomic mass is 9.68. The van der Waals surface area contributed by atoms with Crippen molar-refractivity contribution in [1.82, 2.24) is 9.62 Å². The van der Waals surface area contributed by atoms with Crippen LogP contribution in [-0.4, -0.2) is 50.4 Å². The second-order valence-corrected chi connectivity index (χ2v) is 10.1. The minimum atomic E-state index is -5.68. The van der Waals surface area contributed by atoms with E-state index >= 15 is 0 Å². The number of carbonyl (C=O) groups excluding carboxylic acids is 2. The molecule has 0 aromatic heterocycles. The smallest absolute Gasteiger partial charge is 0.469 e. The Morgan fingerprint density at radius 1 is 1.06 bits per heavy atom. The van der Waals surface area contributed by atoms with E-state index in [9.17, 15) is 31.2 Å². The number of amides is 1. The number of nitrogens with zero attached hydrogens (tertiary/aromatic N) is 1. The minimum absolute atomic E-state index is 0.196. The highest BCUT2D eigenvalue weighted by atomic mass is 32.2. The van der Waals surface area contributed by atoms with Crippen molar-refractivity contribution in [3.63, 3.8) is 0 Å². The maximum absolute atomic E-state index is 13.3. The summed E-state index contributed by atoms with van der Waals surface area (Å²) in [5.74, 6) is -2.51. The van der Waals surface area contributed by atoms with Gasteiger partial charge in [0.15, 0.2) is 0 Å². The van der Waals surface area contributed by atoms with E-state index in [1.807, 2.05) is 37.3 Å². The van der Waals surface area contributed by atoms with Gasteiger partial charge in [0.25, 0.3) is 0 Å². The van der Waals surface area contributed by atoms with E-state index in [1.54, 1.807) is 24.3 Å². The third-order valence-corrected chi connectivity index (χ3v) is 7.08. The first-order chi connectivity index (χ1) is 17.0. The highest BCUT2D eigenvalue weighted by molar-refractivity contribution is 7.90. The molecule has 0 heterocycles. The van der Waals surface area contributed by atoms with Crippen molar-refractivity contribution in [2.45, 2.75) is 37.9 Å². The normalized spacial score (nSPS) is 19.8. The summed E-state index contributed by atoms with van der Waals surface area (Å²) in [6.45, 7) is 2.39. The number of carbonyl (C=O) groups is 2. The van der Waals surface area contributed by atoms with Gasteiger partial charge in [-0.15, -0.1) is 0 Å². The molecule has 1 aliphatic rings. The summed E-state index contributed by atoms with van der Waals surface area (Å²) in [5.41, 5.74) is -4.76. The van der Waals surface area contributed by atoms with Crippen LogP contribution in [0.25, 0.3) is 0 Å². The first-order valence-corrected chi connectivity index (χ1v) is 12.7. The molecule has 36 heavy (non-hydrogen) atoms. The Labute approximate surface area is 207 Å². The fourth-order valence-electron chi connectivity index (χ4n) is 4.04. The van der Waals surface area contributed by atoms with Crippen molar-refractivity contribution in [2.24, 2.45) is 11.8 Å². The third kappa shape index (κ3) is 6.35. The van der Waals surface area contributed by atoms with Crippen molar-refractivity contribution >= 4 is 21.9 Å². The van der Waals surface area contributed by atoms with Crippen molar-refractivity contribution in [3.05, 3.63) is 60.2 Å². The molecule has 0 spiro atoms. The molecule has 0 saturated heterocycles. The number of ether oxygens (including phenoxy) is 2. The molecule has 2 aromatic carbocycles. The minimum Gasteiger partial charge on any atom is -0.469 e. The molecule has 3 atom stereocenters. The average Bonchev–Trinajstić information content (AvgIpc) is 2.82. The Balaban J connectivity index is 1.71. The number of alkyl halides is 3. The number of methoxy groups -OCH3 is 1. The van der Waals surface area contributed by atoms with E-state index in [2.05, 4.69) is 4.74 Å². The van der Waals surface area contributed by atoms with E-state index in [0.29, 0.717) is 24.5 Å². The molecule has 1 aliphatic carbocycles. The molecule has 3 rings (SSSR count). The SMILES string of the molecule is CCCN(Cc1ccc(Oc2ccccc2)cc1)C(=O)C1CC(NS(=O)(=O)C(F)(F)F)C1C(=O)OC. The molecule has 196 valence electrons. The maximum atomic E-state index is 13.3. The van der Waals surface area contributed by atoms with Crippen LogP contribution in [0.2, 0.25) is 0 Å². The van der Waals surface area contributed by atoms with E-state index in [0.717, 1.165) is 12.7 Å². The molecule has 0 radical (unpaired) electrons. The van der Waals surface area contributed by atoms with Gasteiger partial charge in [0.2, 0.25) is 5.91 Å². The van der Waals surface area contributed by atoms with Crippen LogP contribution in [0, 0.1) is 11.8 Å². The summed E-state index contributed by atoms with van der Waals surface area (Å²) in [6.07, 6.45) is 0.346. The Bertz CT molecular complexity index is 1160. The van der Waals surface area contributed by atoms with Crippen molar-refractivity contribution in [3.8, 4) is 11.5 Å². The molecule has 2 aromatic rings.